The number of hydrogen-bond donors (Lipinski definition) is 3. The number of nitrogen functional groups attached to an aromatic ring is 1. The van der Waals surface area contributed by atoms with Crippen molar-refractivity contribution in [2.75, 3.05) is 24.2 Å². The second-order valence-electron chi connectivity index (χ2n) is 4.85. The first kappa shape index (κ1) is 13.7. The van der Waals surface area contributed by atoms with E-state index in [9.17, 15) is 4.79 Å². The first-order chi connectivity index (χ1) is 9.11. The Kier molecular flexibility index (Phi) is 4.27. The minimum absolute atomic E-state index is 0.207. The van der Waals surface area contributed by atoms with Gasteiger partial charge in [-0.15, -0.1) is 0 Å². The molecule has 1 aliphatic rings. The maximum Gasteiger partial charge on any atom is 0.335 e. The molecule has 5 nitrogen and oxygen atoms in total. The predicted octanol–water partition coefficient (Wildman–Crippen LogP) is 2.19. The van der Waals surface area contributed by atoms with Gasteiger partial charge in [-0.1, -0.05) is 6.92 Å². The quantitative estimate of drug-likeness (QED) is 0.710. The van der Waals surface area contributed by atoms with Gasteiger partial charge in [0.25, 0.3) is 0 Å². The Balaban J connectivity index is 1.98. The zero-order chi connectivity index (χ0) is 13.8. The fourth-order valence-corrected chi connectivity index (χ4v) is 2.48. The Hall–Kier alpha value is -1.75. The monoisotopic (exact) mass is 264 g/mol. The maximum absolute atomic E-state index is 10.8. The number of hydrogen-bond acceptors (Lipinski definition) is 4. The van der Waals surface area contributed by atoms with Crippen LogP contribution in [0.4, 0.5) is 11.4 Å². The van der Waals surface area contributed by atoms with Gasteiger partial charge in [0.1, 0.15) is 0 Å². The average Bonchev–Trinajstić information content (AvgIpc) is 2.84. The number of rotatable bonds is 5. The summed E-state index contributed by atoms with van der Waals surface area (Å²) in [6.45, 7) is 3.74. The van der Waals surface area contributed by atoms with Gasteiger partial charge in [0.2, 0.25) is 0 Å². The van der Waals surface area contributed by atoms with Crippen molar-refractivity contribution in [3.63, 3.8) is 0 Å². The van der Waals surface area contributed by atoms with Crippen LogP contribution >= 0.6 is 0 Å². The maximum atomic E-state index is 10.8. The van der Waals surface area contributed by atoms with Crippen LogP contribution in [0, 0.1) is 5.92 Å². The first-order valence-electron chi connectivity index (χ1n) is 6.60. The van der Waals surface area contributed by atoms with Gasteiger partial charge in [0, 0.05) is 19.1 Å². The number of carbonyl (C=O) groups is 1. The van der Waals surface area contributed by atoms with Gasteiger partial charge in [-0.05, 0) is 31.0 Å². The largest absolute Gasteiger partial charge is 0.478 e. The van der Waals surface area contributed by atoms with Crippen LogP contribution in [0.15, 0.2) is 18.2 Å². The summed E-state index contributed by atoms with van der Waals surface area (Å²) in [5.74, 6) is -0.475. The summed E-state index contributed by atoms with van der Waals surface area (Å²) < 4.78 is 5.63. The van der Waals surface area contributed by atoms with Crippen LogP contribution in [-0.4, -0.2) is 30.3 Å². The van der Waals surface area contributed by atoms with Crippen molar-refractivity contribution >= 4 is 17.3 Å². The number of carboxylic acid groups (broad SMARTS) is 1. The van der Waals surface area contributed by atoms with Gasteiger partial charge in [0.05, 0.1) is 23.0 Å². The molecule has 2 unspecified atom stereocenters. The molecule has 1 aliphatic heterocycles. The summed E-state index contributed by atoms with van der Waals surface area (Å²) in [4.78, 5) is 10.8. The van der Waals surface area contributed by atoms with E-state index in [1.54, 1.807) is 12.1 Å². The number of ether oxygens (including phenoxy) is 1. The first-order valence-corrected chi connectivity index (χ1v) is 6.60. The Labute approximate surface area is 112 Å². The number of benzene rings is 1. The molecule has 0 aliphatic carbocycles. The van der Waals surface area contributed by atoms with Gasteiger partial charge in [-0.25, -0.2) is 4.79 Å². The van der Waals surface area contributed by atoms with Crippen LogP contribution in [0.5, 0.6) is 0 Å². The molecule has 0 spiro atoms. The zero-order valence-electron chi connectivity index (χ0n) is 11.1. The summed E-state index contributed by atoms with van der Waals surface area (Å²) in [5.41, 5.74) is 7.31. The number of aromatic carboxylic acids is 1. The van der Waals surface area contributed by atoms with E-state index in [2.05, 4.69) is 12.2 Å². The fraction of sp³-hybridized carbons (Fsp3) is 0.500. The molecule has 5 heteroatoms. The van der Waals surface area contributed by atoms with Crippen molar-refractivity contribution in [1.29, 1.82) is 0 Å². The smallest absolute Gasteiger partial charge is 0.335 e. The van der Waals surface area contributed by atoms with Gasteiger partial charge >= 0.3 is 5.97 Å². The van der Waals surface area contributed by atoms with E-state index in [0.717, 1.165) is 31.7 Å². The van der Waals surface area contributed by atoms with Gasteiger partial charge in [-0.3, -0.25) is 0 Å². The third-order valence-electron chi connectivity index (χ3n) is 3.60. The molecule has 104 valence electrons. The van der Waals surface area contributed by atoms with Gasteiger partial charge in [0.15, 0.2) is 0 Å². The minimum atomic E-state index is -0.964. The highest BCUT2D eigenvalue weighted by atomic mass is 16.5. The number of carboxylic acids is 1. The van der Waals surface area contributed by atoms with Crippen molar-refractivity contribution in [2.24, 2.45) is 5.92 Å². The van der Waals surface area contributed by atoms with Crippen LogP contribution in [0.3, 0.4) is 0 Å². The third kappa shape index (κ3) is 3.17. The van der Waals surface area contributed by atoms with E-state index in [0.29, 0.717) is 17.7 Å². The minimum Gasteiger partial charge on any atom is -0.478 e. The molecule has 1 aromatic rings. The Morgan fingerprint density at radius 3 is 3.00 bits per heavy atom. The lowest BCUT2D eigenvalue weighted by Crippen LogP contribution is -2.23. The van der Waals surface area contributed by atoms with Crippen LogP contribution in [0.1, 0.15) is 30.1 Å². The number of anilines is 2. The summed E-state index contributed by atoms with van der Waals surface area (Å²) in [6, 6.07) is 4.76. The lowest BCUT2D eigenvalue weighted by Gasteiger charge is -2.18. The molecule has 19 heavy (non-hydrogen) atoms. The Morgan fingerprint density at radius 1 is 1.58 bits per heavy atom. The Morgan fingerprint density at radius 2 is 2.37 bits per heavy atom. The van der Waals surface area contributed by atoms with Crippen LogP contribution < -0.4 is 11.1 Å². The molecule has 2 rings (SSSR count). The summed E-state index contributed by atoms with van der Waals surface area (Å²) >= 11 is 0. The second kappa shape index (κ2) is 5.93. The highest BCUT2D eigenvalue weighted by Crippen LogP contribution is 2.25. The van der Waals surface area contributed by atoms with Crippen LogP contribution in [0.25, 0.3) is 0 Å². The van der Waals surface area contributed by atoms with E-state index in [1.165, 1.54) is 6.07 Å². The number of nitrogens with two attached hydrogens (primary N) is 1. The van der Waals surface area contributed by atoms with E-state index < -0.39 is 5.97 Å². The van der Waals surface area contributed by atoms with E-state index in [4.69, 9.17) is 15.6 Å². The fourth-order valence-electron chi connectivity index (χ4n) is 2.48. The summed E-state index contributed by atoms with van der Waals surface area (Å²) in [5, 5.41) is 12.2. The molecule has 1 saturated heterocycles. The molecule has 0 saturated carbocycles. The van der Waals surface area contributed by atoms with Crippen molar-refractivity contribution in [3.8, 4) is 0 Å². The Bertz CT molecular complexity index is 462. The van der Waals surface area contributed by atoms with E-state index in [1.807, 2.05) is 0 Å². The van der Waals surface area contributed by atoms with Crippen LogP contribution in [0.2, 0.25) is 0 Å². The summed E-state index contributed by atoms with van der Waals surface area (Å²) in [7, 11) is 0. The molecule has 0 radical (unpaired) electrons. The molecule has 1 fully saturated rings. The van der Waals surface area contributed by atoms with Crippen molar-refractivity contribution < 1.29 is 14.6 Å². The molecule has 0 amide bonds. The van der Waals surface area contributed by atoms with Gasteiger partial charge < -0.3 is 20.9 Å². The standard InChI is InChI=1S/C14H20N2O3/c1-2-13-10(5-6-19-13)8-16-12-4-3-9(14(17)18)7-11(12)15/h3-4,7,10,13,16H,2,5-6,8,15H2,1H3,(H,17,18). The second-order valence-corrected chi connectivity index (χ2v) is 4.85. The molecular weight excluding hydrogens is 244 g/mol. The third-order valence-corrected chi connectivity index (χ3v) is 3.60. The van der Waals surface area contributed by atoms with Gasteiger partial charge in [-0.2, -0.15) is 0 Å². The van der Waals surface area contributed by atoms with E-state index in [-0.39, 0.29) is 5.56 Å². The molecule has 1 aromatic carbocycles. The van der Waals surface area contributed by atoms with Crippen molar-refractivity contribution in [3.05, 3.63) is 23.8 Å². The summed E-state index contributed by atoms with van der Waals surface area (Å²) in [6.07, 6.45) is 2.38. The normalized spacial score (nSPS) is 22.4. The molecule has 0 bridgehead atoms. The molecular formula is C14H20N2O3. The number of nitrogens with one attached hydrogen (secondary N) is 1. The molecule has 0 aromatic heterocycles. The predicted molar refractivity (Wildman–Crippen MR) is 74.4 cm³/mol. The highest BCUT2D eigenvalue weighted by Gasteiger charge is 2.26. The van der Waals surface area contributed by atoms with Crippen LogP contribution in [-0.2, 0) is 4.74 Å². The highest BCUT2D eigenvalue weighted by molar-refractivity contribution is 5.90. The average molecular weight is 264 g/mol. The van der Waals surface area contributed by atoms with Crippen molar-refractivity contribution in [2.45, 2.75) is 25.9 Å². The lowest BCUT2D eigenvalue weighted by atomic mass is 9.99. The molecule has 2 atom stereocenters. The van der Waals surface area contributed by atoms with E-state index >= 15 is 0 Å². The zero-order valence-corrected chi connectivity index (χ0v) is 11.1. The van der Waals surface area contributed by atoms with Crippen molar-refractivity contribution in [1.82, 2.24) is 0 Å². The molecule has 4 N–H and O–H groups in total. The SMILES string of the molecule is CCC1OCCC1CNc1ccc(C(=O)O)cc1N. The topological polar surface area (TPSA) is 84.6 Å². The molecule has 1 heterocycles. The lowest BCUT2D eigenvalue weighted by molar-refractivity contribution is 0.0697.